The van der Waals surface area contributed by atoms with Gasteiger partial charge in [0.2, 0.25) is 5.91 Å². The molecule has 7 heteroatoms. The SMILES string of the molecule is Cc1c(N2C(=O)[C@@H](C)S[C@@H]2c2ccccc2Cl)c(=O)n(-c2ccccc2)n1C. The molecular formula is C21H20ClN3O2S. The topological polar surface area (TPSA) is 47.2 Å². The summed E-state index contributed by atoms with van der Waals surface area (Å²) in [7, 11) is 1.83. The average molecular weight is 414 g/mol. The Labute approximate surface area is 172 Å². The molecule has 5 nitrogen and oxygen atoms in total. The molecule has 0 saturated carbocycles. The Kier molecular flexibility index (Phi) is 4.85. The Balaban J connectivity index is 1.91. The minimum Gasteiger partial charge on any atom is -0.288 e. The molecule has 2 atom stereocenters. The second-order valence-electron chi connectivity index (χ2n) is 6.77. The van der Waals surface area contributed by atoms with Crippen LogP contribution in [-0.2, 0) is 11.8 Å². The highest BCUT2D eigenvalue weighted by Gasteiger charge is 2.43. The fourth-order valence-corrected chi connectivity index (χ4v) is 5.17. The Bertz CT molecular complexity index is 1110. The monoisotopic (exact) mass is 413 g/mol. The van der Waals surface area contributed by atoms with E-state index in [2.05, 4.69) is 0 Å². The highest BCUT2D eigenvalue weighted by molar-refractivity contribution is 8.01. The molecule has 1 aromatic heterocycles. The predicted octanol–water partition coefficient (Wildman–Crippen LogP) is 4.30. The zero-order valence-electron chi connectivity index (χ0n) is 15.8. The van der Waals surface area contributed by atoms with Gasteiger partial charge in [-0.25, -0.2) is 4.68 Å². The molecule has 0 aliphatic carbocycles. The second kappa shape index (κ2) is 7.18. The number of anilines is 1. The molecule has 144 valence electrons. The molecular weight excluding hydrogens is 394 g/mol. The normalized spacial score (nSPS) is 19.4. The van der Waals surface area contributed by atoms with E-state index in [0.717, 1.165) is 16.9 Å². The maximum absolute atomic E-state index is 13.4. The molecule has 0 spiro atoms. The lowest BCUT2D eigenvalue weighted by atomic mass is 10.2. The lowest BCUT2D eigenvalue weighted by Crippen LogP contribution is -2.34. The van der Waals surface area contributed by atoms with Crippen molar-refractivity contribution in [1.29, 1.82) is 0 Å². The van der Waals surface area contributed by atoms with Crippen molar-refractivity contribution >= 4 is 35.0 Å². The van der Waals surface area contributed by atoms with Crippen molar-refractivity contribution in [1.82, 2.24) is 9.36 Å². The molecule has 3 aromatic rings. The first kappa shape index (κ1) is 18.9. The van der Waals surface area contributed by atoms with E-state index in [9.17, 15) is 9.59 Å². The van der Waals surface area contributed by atoms with Crippen LogP contribution in [-0.4, -0.2) is 20.5 Å². The molecule has 0 unspecified atom stereocenters. The molecule has 0 radical (unpaired) electrons. The van der Waals surface area contributed by atoms with Gasteiger partial charge in [0.1, 0.15) is 11.1 Å². The summed E-state index contributed by atoms with van der Waals surface area (Å²) in [5.74, 6) is -0.0825. The van der Waals surface area contributed by atoms with Crippen molar-refractivity contribution in [3.63, 3.8) is 0 Å². The van der Waals surface area contributed by atoms with E-state index in [1.165, 1.54) is 11.8 Å². The van der Waals surface area contributed by atoms with E-state index in [1.54, 1.807) is 14.3 Å². The van der Waals surface area contributed by atoms with Crippen LogP contribution in [0.4, 0.5) is 5.69 Å². The number of halogens is 1. The first-order chi connectivity index (χ1) is 13.4. The molecule has 4 rings (SSSR count). The first-order valence-electron chi connectivity index (χ1n) is 8.98. The van der Waals surface area contributed by atoms with Crippen molar-refractivity contribution in [2.45, 2.75) is 24.5 Å². The van der Waals surface area contributed by atoms with Gasteiger partial charge < -0.3 is 0 Å². The van der Waals surface area contributed by atoms with Gasteiger partial charge >= 0.3 is 0 Å². The first-order valence-corrected chi connectivity index (χ1v) is 10.3. The molecule has 28 heavy (non-hydrogen) atoms. The number of carbonyl (C=O) groups is 1. The van der Waals surface area contributed by atoms with Crippen LogP contribution < -0.4 is 10.5 Å². The van der Waals surface area contributed by atoms with Gasteiger partial charge in [-0.05, 0) is 32.0 Å². The molecule has 0 bridgehead atoms. The number of amides is 1. The molecule has 1 fully saturated rings. The Morgan fingerprint density at radius 1 is 1.00 bits per heavy atom. The third-order valence-electron chi connectivity index (χ3n) is 5.09. The molecule has 1 saturated heterocycles. The zero-order chi connectivity index (χ0) is 20.0. The maximum atomic E-state index is 13.4. The van der Waals surface area contributed by atoms with Crippen LogP contribution in [0.5, 0.6) is 0 Å². The Morgan fingerprint density at radius 2 is 1.64 bits per heavy atom. The highest BCUT2D eigenvalue weighted by Crippen LogP contribution is 2.47. The number of hydrogen-bond donors (Lipinski definition) is 0. The molecule has 1 amide bonds. The third kappa shape index (κ3) is 2.88. The number of para-hydroxylation sites is 1. The van der Waals surface area contributed by atoms with E-state index >= 15 is 0 Å². The Morgan fingerprint density at radius 3 is 2.32 bits per heavy atom. The quantitative estimate of drug-likeness (QED) is 0.643. The number of hydrogen-bond acceptors (Lipinski definition) is 3. The third-order valence-corrected chi connectivity index (χ3v) is 6.77. The number of carbonyl (C=O) groups excluding carboxylic acids is 1. The number of aromatic nitrogens is 2. The number of rotatable bonds is 3. The van der Waals surface area contributed by atoms with Gasteiger partial charge in [-0.15, -0.1) is 11.8 Å². The van der Waals surface area contributed by atoms with Crippen LogP contribution in [0.2, 0.25) is 5.02 Å². The zero-order valence-corrected chi connectivity index (χ0v) is 17.4. The van der Waals surface area contributed by atoms with Crippen LogP contribution >= 0.6 is 23.4 Å². The molecule has 1 aliphatic heterocycles. The van der Waals surface area contributed by atoms with E-state index in [1.807, 2.05) is 75.5 Å². The Hall–Kier alpha value is -2.44. The van der Waals surface area contributed by atoms with E-state index in [0.29, 0.717) is 10.7 Å². The molecule has 2 heterocycles. The lowest BCUT2D eigenvalue weighted by molar-refractivity contribution is -0.117. The number of nitrogens with zero attached hydrogens (tertiary/aromatic N) is 3. The summed E-state index contributed by atoms with van der Waals surface area (Å²) in [5.41, 5.74) is 2.50. The highest BCUT2D eigenvalue weighted by atomic mass is 35.5. The van der Waals surface area contributed by atoms with Crippen LogP contribution in [0.15, 0.2) is 59.4 Å². The van der Waals surface area contributed by atoms with E-state index in [4.69, 9.17) is 11.6 Å². The number of benzene rings is 2. The summed E-state index contributed by atoms with van der Waals surface area (Å²) in [5, 5.41) is -0.0106. The fraction of sp³-hybridized carbons (Fsp3) is 0.238. The van der Waals surface area contributed by atoms with Gasteiger partial charge in [-0.2, -0.15) is 0 Å². The summed E-state index contributed by atoms with van der Waals surface area (Å²) >= 11 is 7.93. The summed E-state index contributed by atoms with van der Waals surface area (Å²) in [6.07, 6.45) is 0. The minimum atomic E-state index is -0.339. The van der Waals surface area contributed by atoms with Crippen LogP contribution in [0.3, 0.4) is 0 Å². The van der Waals surface area contributed by atoms with Gasteiger partial charge in [0.05, 0.1) is 16.6 Å². The molecule has 0 N–H and O–H groups in total. The van der Waals surface area contributed by atoms with Gasteiger partial charge in [0.25, 0.3) is 5.56 Å². The van der Waals surface area contributed by atoms with Crippen LogP contribution in [0.25, 0.3) is 5.69 Å². The summed E-state index contributed by atoms with van der Waals surface area (Å²) < 4.78 is 3.38. The summed E-state index contributed by atoms with van der Waals surface area (Å²) in [4.78, 5) is 28.1. The second-order valence-corrected chi connectivity index (χ2v) is 8.60. The summed E-state index contributed by atoms with van der Waals surface area (Å²) in [6.45, 7) is 3.73. The smallest absolute Gasteiger partial charge is 0.288 e. The van der Waals surface area contributed by atoms with Gasteiger partial charge in [0, 0.05) is 17.6 Å². The predicted molar refractivity (Wildman–Crippen MR) is 114 cm³/mol. The van der Waals surface area contributed by atoms with Crippen LogP contribution in [0.1, 0.15) is 23.6 Å². The fourth-order valence-electron chi connectivity index (χ4n) is 3.57. The maximum Gasteiger partial charge on any atom is 0.295 e. The van der Waals surface area contributed by atoms with Crippen molar-refractivity contribution in [3.8, 4) is 5.69 Å². The van der Waals surface area contributed by atoms with E-state index in [-0.39, 0.29) is 22.1 Å². The summed E-state index contributed by atoms with van der Waals surface area (Å²) in [6, 6.07) is 16.9. The van der Waals surface area contributed by atoms with Crippen molar-refractivity contribution in [3.05, 3.63) is 81.2 Å². The largest absolute Gasteiger partial charge is 0.295 e. The van der Waals surface area contributed by atoms with Crippen LogP contribution in [0, 0.1) is 6.92 Å². The molecule has 1 aliphatic rings. The average Bonchev–Trinajstić information content (AvgIpc) is 3.09. The standard InChI is InChI=1S/C21H20ClN3O2S/c1-13-18(20(27)25(23(13)3)15-9-5-4-6-10-15)24-19(26)14(2)28-21(24)16-11-7-8-12-17(16)22/h4-12,14,21H,1-3H3/t14-,21-/m1/s1. The minimum absolute atomic E-state index is 0.0825. The van der Waals surface area contributed by atoms with Gasteiger partial charge in [-0.1, -0.05) is 48.0 Å². The van der Waals surface area contributed by atoms with Crippen molar-refractivity contribution in [2.24, 2.45) is 7.05 Å². The van der Waals surface area contributed by atoms with Crippen molar-refractivity contribution < 1.29 is 4.79 Å². The van der Waals surface area contributed by atoms with E-state index < -0.39 is 0 Å². The van der Waals surface area contributed by atoms with Gasteiger partial charge in [-0.3, -0.25) is 19.2 Å². The van der Waals surface area contributed by atoms with Gasteiger partial charge in [0.15, 0.2) is 0 Å². The molecule has 2 aromatic carbocycles. The lowest BCUT2D eigenvalue weighted by Gasteiger charge is -2.23. The van der Waals surface area contributed by atoms with Crippen molar-refractivity contribution in [2.75, 3.05) is 4.90 Å². The number of thioether (sulfide) groups is 1.